The van der Waals surface area contributed by atoms with Crippen molar-refractivity contribution in [2.75, 3.05) is 7.11 Å². The Balaban J connectivity index is 1.95. The highest BCUT2D eigenvalue weighted by Crippen LogP contribution is 2.34. The van der Waals surface area contributed by atoms with Crippen LogP contribution in [-0.2, 0) is 9.59 Å². The van der Waals surface area contributed by atoms with Gasteiger partial charge in [-0.3, -0.25) is 30.3 Å². The summed E-state index contributed by atoms with van der Waals surface area (Å²) in [6.45, 7) is 0. The van der Waals surface area contributed by atoms with E-state index in [-0.39, 0.29) is 22.8 Å². The SMILES string of the molecule is COc1cc([N+](=O)[O-])ccc1-c1ccc(C=C2C(=O)NC(=O)NC2=O)o1. The van der Waals surface area contributed by atoms with Crippen molar-refractivity contribution in [1.29, 1.82) is 0 Å². The maximum absolute atomic E-state index is 11.7. The fraction of sp³-hybridized carbons (Fsp3) is 0.0625. The van der Waals surface area contributed by atoms with Crippen LogP contribution >= 0.6 is 0 Å². The van der Waals surface area contributed by atoms with Crippen LogP contribution in [0.2, 0.25) is 0 Å². The average molecular weight is 357 g/mol. The molecule has 1 fully saturated rings. The third kappa shape index (κ3) is 3.15. The summed E-state index contributed by atoms with van der Waals surface area (Å²) in [6, 6.07) is 6.18. The fourth-order valence-corrected chi connectivity index (χ4v) is 2.32. The van der Waals surface area contributed by atoms with E-state index in [0.717, 1.165) is 0 Å². The number of nitro groups is 1. The number of nitro benzene ring substituents is 1. The van der Waals surface area contributed by atoms with Gasteiger partial charge in [-0.05, 0) is 24.3 Å². The minimum absolute atomic E-state index is 0.139. The van der Waals surface area contributed by atoms with Crippen molar-refractivity contribution in [3.63, 3.8) is 0 Å². The lowest BCUT2D eigenvalue weighted by molar-refractivity contribution is -0.384. The van der Waals surface area contributed by atoms with Gasteiger partial charge in [-0.25, -0.2) is 4.79 Å². The molecule has 4 amide bonds. The van der Waals surface area contributed by atoms with Crippen LogP contribution in [0.15, 0.2) is 40.3 Å². The number of urea groups is 1. The maximum atomic E-state index is 11.7. The Hall–Kier alpha value is -3.95. The lowest BCUT2D eigenvalue weighted by atomic mass is 10.1. The number of nitrogens with zero attached hydrogens (tertiary/aromatic N) is 1. The lowest BCUT2D eigenvalue weighted by Crippen LogP contribution is -2.51. The van der Waals surface area contributed by atoms with E-state index in [4.69, 9.17) is 9.15 Å². The van der Waals surface area contributed by atoms with Crippen LogP contribution in [0.25, 0.3) is 17.4 Å². The minimum atomic E-state index is -0.895. The summed E-state index contributed by atoms with van der Waals surface area (Å²) in [6.07, 6.45) is 1.18. The molecule has 0 unspecified atom stereocenters. The van der Waals surface area contributed by atoms with E-state index < -0.39 is 22.8 Å². The molecule has 1 aliphatic heterocycles. The maximum Gasteiger partial charge on any atom is 0.328 e. The molecule has 0 aliphatic carbocycles. The van der Waals surface area contributed by atoms with E-state index in [2.05, 4.69) is 0 Å². The number of hydrogen-bond donors (Lipinski definition) is 2. The number of hydrogen-bond acceptors (Lipinski definition) is 7. The molecule has 2 heterocycles. The number of nitrogens with one attached hydrogen (secondary N) is 2. The predicted octanol–water partition coefficient (Wildman–Crippen LogP) is 1.61. The number of barbiturate groups is 1. The number of amides is 4. The highest BCUT2D eigenvalue weighted by Gasteiger charge is 2.28. The molecular weight excluding hydrogens is 346 g/mol. The van der Waals surface area contributed by atoms with Crippen LogP contribution < -0.4 is 15.4 Å². The molecule has 3 rings (SSSR count). The number of methoxy groups -OCH3 is 1. The van der Waals surface area contributed by atoms with E-state index >= 15 is 0 Å². The van der Waals surface area contributed by atoms with Crippen molar-refractivity contribution in [3.05, 3.63) is 51.8 Å². The highest BCUT2D eigenvalue weighted by atomic mass is 16.6. The van der Waals surface area contributed by atoms with Crippen molar-refractivity contribution in [3.8, 4) is 17.1 Å². The summed E-state index contributed by atoms with van der Waals surface area (Å²) in [5.74, 6) is -0.966. The van der Waals surface area contributed by atoms with Gasteiger partial charge in [-0.2, -0.15) is 0 Å². The third-order valence-electron chi connectivity index (χ3n) is 3.52. The molecule has 10 nitrogen and oxygen atoms in total. The van der Waals surface area contributed by atoms with Gasteiger partial charge in [0.15, 0.2) is 0 Å². The largest absolute Gasteiger partial charge is 0.496 e. The Kier molecular flexibility index (Phi) is 4.23. The van der Waals surface area contributed by atoms with E-state index in [1.54, 1.807) is 6.07 Å². The van der Waals surface area contributed by atoms with Crippen molar-refractivity contribution in [1.82, 2.24) is 10.6 Å². The first-order valence-electron chi connectivity index (χ1n) is 7.20. The van der Waals surface area contributed by atoms with Gasteiger partial charge in [0, 0.05) is 6.07 Å². The van der Waals surface area contributed by atoms with Gasteiger partial charge in [-0.1, -0.05) is 0 Å². The molecule has 0 bridgehead atoms. The number of ether oxygens (including phenoxy) is 1. The molecule has 10 heteroatoms. The number of furan rings is 1. The number of benzene rings is 1. The van der Waals surface area contributed by atoms with Crippen LogP contribution in [0.3, 0.4) is 0 Å². The second kappa shape index (κ2) is 6.51. The normalized spacial score (nSPS) is 13.9. The summed E-state index contributed by atoms with van der Waals surface area (Å²) in [5, 5.41) is 14.7. The first kappa shape index (κ1) is 16.9. The van der Waals surface area contributed by atoms with Gasteiger partial charge in [0.1, 0.15) is 22.8 Å². The molecular formula is C16H11N3O7. The molecule has 0 spiro atoms. The molecule has 0 saturated carbocycles. The smallest absolute Gasteiger partial charge is 0.328 e. The Morgan fingerprint density at radius 1 is 1.12 bits per heavy atom. The van der Waals surface area contributed by atoms with Crippen molar-refractivity contribution in [2.24, 2.45) is 0 Å². The zero-order valence-electron chi connectivity index (χ0n) is 13.3. The van der Waals surface area contributed by atoms with Crippen molar-refractivity contribution < 1.29 is 28.5 Å². The molecule has 2 aromatic rings. The zero-order valence-corrected chi connectivity index (χ0v) is 13.3. The summed E-state index contributed by atoms with van der Waals surface area (Å²) in [4.78, 5) is 44.8. The van der Waals surface area contributed by atoms with Gasteiger partial charge < -0.3 is 9.15 Å². The summed E-state index contributed by atoms with van der Waals surface area (Å²) < 4.78 is 10.7. The van der Waals surface area contributed by atoms with Crippen molar-refractivity contribution >= 4 is 29.6 Å². The van der Waals surface area contributed by atoms with E-state index in [1.165, 1.54) is 37.5 Å². The third-order valence-corrected chi connectivity index (χ3v) is 3.52. The van der Waals surface area contributed by atoms with Crippen LogP contribution in [0.1, 0.15) is 5.76 Å². The van der Waals surface area contributed by atoms with Crippen LogP contribution in [0.5, 0.6) is 5.75 Å². The van der Waals surface area contributed by atoms with Gasteiger partial charge in [-0.15, -0.1) is 0 Å². The Morgan fingerprint density at radius 2 is 1.81 bits per heavy atom. The number of imide groups is 2. The Labute approximate surface area is 145 Å². The summed E-state index contributed by atoms with van der Waals surface area (Å²) in [7, 11) is 1.36. The van der Waals surface area contributed by atoms with Crippen LogP contribution in [0.4, 0.5) is 10.5 Å². The second-order valence-corrected chi connectivity index (χ2v) is 5.14. The molecule has 2 N–H and O–H groups in total. The van der Waals surface area contributed by atoms with Gasteiger partial charge in [0.2, 0.25) is 0 Å². The number of carbonyl (C=O) groups is 3. The monoisotopic (exact) mass is 357 g/mol. The van der Waals surface area contributed by atoms with Crippen LogP contribution in [-0.4, -0.2) is 29.9 Å². The molecule has 0 radical (unpaired) electrons. The summed E-state index contributed by atoms with van der Waals surface area (Å²) in [5.41, 5.74) is 0.0244. The molecule has 1 saturated heterocycles. The molecule has 1 aromatic heterocycles. The predicted molar refractivity (Wildman–Crippen MR) is 87.0 cm³/mol. The summed E-state index contributed by atoms with van der Waals surface area (Å²) >= 11 is 0. The quantitative estimate of drug-likeness (QED) is 0.366. The topological polar surface area (TPSA) is 141 Å². The van der Waals surface area contributed by atoms with Gasteiger partial charge in [0.05, 0.1) is 23.7 Å². The standard InChI is InChI=1S/C16H11N3O7/c1-25-13-6-8(19(23)24)2-4-10(13)12-5-3-9(26-12)7-11-14(20)17-16(22)18-15(11)21/h2-7H,1H3,(H2,17,18,20,21,22). The van der Waals surface area contributed by atoms with Crippen molar-refractivity contribution in [2.45, 2.75) is 0 Å². The number of non-ortho nitro benzene ring substituents is 1. The molecule has 26 heavy (non-hydrogen) atoms. The molecule has 132 valence electrons. The lowest BCUT2D eigenvalue weighted by Gasteiger charge is -2.13. The van der Waals surface area contributed by atoms with Gasteiger partial charge >= 0.3 is 6.03 Å². The van der Waals surface area contributed by atoms with Crippen LogP contribution in [0, 0.1) is 10.1 Å². The number of carbonyl (C=O) groups excluding carboxylic acids is 3. The fourth-order valence-electron chi connectivity index (χ4n) is 2.32. The second-order valence-electron chi connectivity index (χ2n) is 5.14. The first-order valence-corrected chi connectivity index (χ1v) is 7.20. The van der Waals surface area contributed by atoms with E-state index in [9.17, 15) is 24.5 Å². The zero-order chi connectivity index (χ0) is 18.8. The average Bonchev–Trinajstić information content (AvgIpc) is 3.05. The Morgan fingerprint density at radius 3 is 2.42 bits per heavy atom. The molecule has 1 aliphatic rings. The van der Waals surface area contributed by atoms with Gasteiger partial charge in [0.25, 0.3) is 17.5 Å². The van der Waals surface area contributed by atoms with E-state index in [1.807, 2.05) is 10.6 Å². The molecule has 0 atom stereocenters. The highest BCUT2D eigenvalue weighted by molar-refractivity contribution is 6.31. The minimum Gasteiger partial charge on any atom is -0.496 e. The number of rotatable bonds is 4. The first-order chi connectivity index (χ1) is 12.4. The van der Waals surface area contributed by atoms with E-state index in [0.29, 0.717) is 11.3 Å². The molecule has 1 aromatic carbocycles. The Bertz CT molecular complexity index is 952.